The zero-order valence-corrected chi connectivity index (χ0v) is 19.8. The molecular weight excluding hydrogens is 458 g/mol. The molecule has 0 aliphatic carbocycles. The molecule has 0 saturated carbocycles. The van der Waals surface area contributed by atoms with Crippen molar-refractivity contribution in [1.29, 1.82) is 0 Å². The van der Waals surface area contributed by atoms with E-state index < -0.39 is 0 Å². The monoisotopic (exact) mass is 481 g/mol. The van der Waals surface area contributed by atoms with Crippen LogP contribution in [0.4, 0.5) is 0 Å². The maximum Gasteiger partial charge on any atom is 0.251 e. The topological polar surface area (TPSA) is 72.7 Å². The lowest BCUT2D eigenvalue weighted by molar-refractivity contribution is 0.0951. The summed E-state index contributed by atoms with van der Waals surface area (Å²) < 4.78 is 1.93. The third kappa shape index (κ3) is 5.73. The number of carbonyl (C=O) groups excluding carboxylic acids is 1. The maximum absolute atomic E-state index is 12.7. The molecule has 2 aromatic carbocycles. The standard InChI is InChI=1S/C28H24ClN5O/c29-24-7-5-6-20(14-24)17-32-28(35)21-10-11-22-18-34(33-27(22)16-21)19-23(26-9-2-4-13-31-26)15-25-8-1-3-12-30-25/h1-14,16,18,23H,15,17,19H2,(H,32,35). The van der Waals surface area contributed by atoms with Gasteiger partial charge in [0, 0.05) is 65.0 Å². The first kappa shape index (κ1) is 22.7. The molecule has 1 amide bonds. The lowest BCUT2D eigenvalue weighted by atomic mass is 9.98. The van der Waals surface area contributed by atoms with Gasteiger partial charge in [0.15, 0.2) is 0 Å². The molecule has 0 fully saturated rings. The quantitative estimate of drug-likeness (QED) is 0.320. The Balaban J connectivity index is 1.33. The summed E-state index contributed by atoms with van der Waals surface area (Å²) >= 11 is 6.03. The van der Waals surface area contributed by atoms with Crippen LogP contribution in [0.2, 0.25) is 5.02 Å². The zero-order chi connectivity index (χ0) is 24.0. The second-order valence-corrected chi connectivity index (χ2v) is 8.85. The first-order valence-corrected chi connectivity index (χ1v) is 11.8. The number of amides is 1. The van der Waals surface area contributed by atoms with E-state index >= 15 is 0 Å². The highest BCUT2D eigenvalue weighted by atomic mass is 35.5. The predicted octanol–water partition coefficient (Wildman–Crippen LogP) is 5.44. The van der Waals surface area contributed by atoms with Crippen molar-refractivity contribution in [3.05, 3.63) is 125 Å². The van der Waals surface area contributed by atoms with E-state index in [1.54, 1.807) is 0 Å². The number of aromatic nitrogens is 4. The van der Waals surface area contributed by atoms with Gasteiger partial charge in [-0.1, -0.05) is 41.9 Å². The van der Waals surface area contributed by atoms with Gasteiger partial charge in [0.25, 0.3) is 5.91 Å². The van der Waals surface area contributed by atoms with Gasteiger partial charge in [-0.25, -0.2) is 0 Å². The molecule has 3 aromatic heterocycles. The van der Waals surface area contributed by atoms with Crippen molar-refractivity contribution in [3.63, 3.8) is 0 Å². The van der Waals surface area contributed by atoms with Crippen LogP contribution in [0.3, 0.4) is 0 Å². The fraction of sp³-hybridized carbons (Fsp3) is 0.143. The van der Waals surface area contributed by atoms with Crippen molar-refractivity contribution in [2.45, 2.75) is 25.4 Å². The molecule has 6 nitrogen and oxygen atoms in total. The van der Waals surface area contributed by atoms with Crippen molar-refractivity contribution < 1.29 is 4.79 Å². The van der Waals surface area contributed by atoms with Crippen LogP contribution in [-0.4, -0.2) is 25.7 Å². The molecule has 0 aliphatic heterocycles. The fourth-order valence-corrected chi connectivity index (χ4v) is 4.32. The van der Waals surface area contributed by atoms with E-state index in [1.165, 1.54) is 0 Å². The van der Waals surface area contributed by atoms with Crippen molar-refractivity contribution >= 4 is 28.4 Å². The third-order valence-corrected chi connectivity index (χ3v) is 6.09. The Morgan fingerprint density at radius 2 is 1.80 bits per heavy atom. The van der Waals surface area contributed by atoms with Gasteiger partial charge in [0.2, 0.25) is 0 Å². The Kier molecular flexibility index (Phi) is 6.82. The van der Waals surface area contributed by atoms with Gasteiger partial charge in [-0.05, 0) is 60.5 Å². The maximum atomic E-state index is 12.7. The molecule has 0 aliphatic rings. The van der Waals surface area contributed by atoms with E-state index in [1.807, 2.05) is 102 Å². The smallest absolute Gasteiger partial charge is 0.251 e. The largest absolute Gasteiger partial charge is 0.348 e. The molecule has 1 atom stereocenters. The Morgan fingerprint density at radius 3 is 2.57 bits per heavy atom. The van der Waals surface area contributed by atoms with Gasteiger partial charge in [-0.2, -0.15) is 5.10 Å². The molecule has 0 radical (unpaired) electrons. The Labute approximate surface area is 208 Å². The highest BCUT2D eigenvalue weighted by Crippen LogP contribution is 2.22. The molecule has 5 aromatic rings. The number of fused-ring (bicyclic) bond motifs is 1. The summed E-state index contributed by atoms with van der Waals surface area (Å²) in [5.41, 5.74) is 4.31. The molecule has 5 rings (SSSR count). The average molecular weight is 482 g/mol. The van der Waals surface area contributed by atoms with Gasteiger partial charge >= 0.3 is 0 Å². The molecule has 35 heavy (non-hydrogen) atoms. The summed E-state index contributed by atoms with van der Waals surface area (Å²) in [5.74, 6) is -0.0381. The number of hydrogen-bond acceptors (Lipinski definition) is 4. The molecular formula is C28H24ClN5O. The number of carbonyl (C=O) groups is 1. The number of nitrogens with zero attached hydrogens (tertiary/aromatic N) is 4. The van der Waals surface area contributed by atoms with E-state index in [0.717, 1.165) is 34.3 Å². The molecule has 0 saturated heterocycles. The first-order valence-electron chi connectivity index (χ1n) is 11.4. The van der Waals surface area contributed by atoms with Gasteiger partial charge in [0.05, 0.1) is 5.52 Å². The van der Waals surface area contributed by atoms with E-state index in [2.05, 4.69) is 15.3 Å². The Bertz CT molecular complexity index is 1440. The van der Waals surface area contributed by atoms with Gasteiger partial charge < -0.3 is 5.32 Å². The molecule has 1 N–H and O–H groups in total. The third-order valence-electron chi connectivity index (χ3n) is 5.85. The summed E-state index contributed by atoms with van der Waals surface area (Å²) in [6.45, 7) is 1.06. The van der Waals surface area contributed by atoms with Crippen LogP contribution in [0.1, 0.15) is 33.2 Å². The van der Waals surface area contributed by atoms with Crippen LogP contribution in [0.15, 0.2) is 97.5 Å². The molecule has 0 bridgehead atoms. The number of halogens is 1. The van der Waals surface area contributed by atoms with Crippen molar-refractivity contribution in [2.75, 3.05) is 0 Å². The number of nitrogens with one attached hydrogen (secondary N) is 1. The fourth-order valence-electron chi connectivity index (χ4n) is 4.11. The Morgan fingerprint density at radius 1 is 0.943 bits per heavy atom. The minimum absolute atomic E-state index is 0.112. The molecule has 7 heteroatoms. The van der Waals surface area contributed by atoms with Crippen LogP contribution in [0.25, 0.3) is 10.9 Å². The van der Waals surface area contributed by atoms with E-state index in [9.17, 15) is 4.79 Å². The predicted molar refractivity (Wildman–Crippen MR) is 137 cm³/mol. The minimum atomic E-state index is -0.150. The van der Waals surface area contributed by atoms with Gasteiger partial charge in [-0.15, -0.1) is 0 Å². The van der Waals surface area contributed by atoms with Crippen LogP contribution in [0, 0.1) is 0 Å². The van der Waals surface area contributed by atoms with Gasteiger partial charge in [-0.3, -0.25) is 19.4 Å². The highest BCUT2D eigenvalue weighted by Gasteiger charge is 2.17. The van der Waals surface area contributed by atoms with Crippen LogP contribution in [-0.2, 0) is 19.5 Å². The van der Waals surface area contributed by atoms with Crippen molar-refractivity contribution in [3.8, 4) is 0 Å². The molecule has 0 spiro atoms. The molecule has 3 heterocycles. The summed E-state index contributed by atoms with van der Waals surface area (Å²) in [7, 11) is 0. The number of hydrogen-bond donors (Lipinski definition) is 1. The van der Waals surface area contributed by atoms with Crippen LogP contribution >= 0.6 is 11.6 Å². The number of pyridine rings is 2. The van der Waals surface area contributed by atoms with E-state index in [-0.39, 0.29) is 11.8 Å². The summed E-state index contributed by atoms with van der Waals surface area (Å²) in [4.78, 5) is 21.8. The lowest BCUT2D eigenvalue weighted by Crippen LogP contribution is -2.22. The van der Waals surface area contributed by atoms with Crippen molar-refractivity contribution in [1.82, 2.24) is 25.1 Å². The second-order valence-electron chi connectivity index (χ2n) is 8.41. The van der Waals surface area contributed by atoms with E-state index in [0.29, 0.717) is 23.7 Å². The van der Waals surface area contributed by atoms with E-state index in [4.69, 9.17) is 16.7 Å². The van der Waals surface area contributed by atoms with Crippen LogP contribution < -0.4 is 5.32 Å². The first-order chi connectivity index (χ1) is 17.1. The molecule has 174 valence electrons. The Hall–Kier alpha value is -4.03. The number of rotatable bonds is 8. The molecule has 1 unspecified atom stereocenters. The SMILES string of the molecule is O=C(NCc1cccc(Cl)c1)c1ccc2cn(CC(Cc3ccccn3)c3ccccn3)nc2c1. The second kappa shape index (κ2) is 10.5. The van der Waals surface area contributed by atoms with Crippen molar-refractivity contribution in [2.24, 2.45) is 0 Å². The van der Waals surface area contributed by atoms with Crippen LogP contribution in [0.5, 0.6) is 0 Å². The zero-order valence-electron chi connectivity index (χ0n) is 19.0. The lowest BCUT2D eigenvalue weighted by Gasteiger charge is -2.16. The minimum Gasteiger partial charge on any atom is -0.348 e. The summed E-state index contributed by atoms with van der Waals surface area (Å²) in [6, 6.07) is 25.0. The van der Waals surface area contributed by atoms with Gasteiger partial charge in [0.1, 0.15) is 0 Å². The average Bonchev–Trinajstić information content (AvgIpc) is 3.30. The summed E-state index contributed by atoms with van der Waals surface area (Å²) in [6.07, 6.45) is 6.39. The summed E-state index contributed by atoms with van der Waals surface area (Å²) in [5, 5.41) is 9.34. The normalized spacial score (nSPS) is 11.9. The number of benzene rings is 2. The highest BCUT2D eigenvalue weighted by molar-refractivity contribution is 6.30.